The summed E-state index contributed by atoms with van der Waals surface area (Å²) in [6, 6.07) is 14.6. The summed E-state index contributed by atoms with van der Waals surface area (Å²) >= 11 is 0. The molecule has 1 saturated heterocycles. The molecule has 5 nitrogen and oxygen atoms in total. The number of hydrogen-bond acceptors (Lipinski definition) is 4. The number of benzene rings is 2. The van der Waals surface area contributed by atoms with E-state index >= 15 is 0 Å². The normalized spacial score (nSPS) is 15.6. The number of ketones is 1. The van der Waals surface area contributed by atoms with Gasteiger partial charge in [-0.15, -0.1) is 0 Å². The van der Waals surface area contributed by atoms with E-state index in [0.29, 0.717) is 23.4 Å². The summed E-state index contributed by atoms with van der Waals surface area (Å²) in [7, 11) is 2.10. The van der Waals surface area contributed by atoms with Crippen molar-refractivity contribution in [2.75, 3.05) is 45.1 Å². The van der Waals surface area contributed by atoms with Crippen molar-refractivity contribution < 1.29 is 9.59 Å². The fourth-order valence-electron chi connectivity index (χ4n) is 2.95. The zero-order chi connectivity index (χ0) is 18.5. The van der Waals surface area contributed by atoms with E-state index in [4.69, 9.17) is 0 Å². The van der Waals surface area contributed by atoms with E-state index in [-0.39, 0.29) is 11.7 Å². The van der Waals surface area contributed by atoms with Crippen LogP contribution in [0.5, 0.6) is 0 Å². The predicted molar refractivity (Wildman–Crippen MR) is 104 cm³/mol. The van der Waals surface area contributed by atoms with Crippen LogP contribution in [0, 0.1) is 6.92 Å². The van der Waals surface area contributed by atoms with Crippen LogP contribution < -0.4 is 5.32 Å². The molecule has 0 bridgehead atoms. The molecule has 1 aliphatic rings. The second-order valence-electron chi connectivity index (χ2n) is 6.90. The summed E-state index contributed by atoms with van der Waals surface area (Å²) < 4.78 is 0. The van der Waals surface area contributed by atoms with Crippen LogP contribution in [0.2, 0.25) is 0 Å². The van der Waals surface area contributed by atoms with Gasteiger partial charge in [0.05, 0.1) is 6.54 Å². The number of carbonyl (C=O) groups is 2. The Hall–Kier alpha value is -2.50. The molecular formula is C21H25N3O2. The summed E-state index contributed by atoms with van der Waals surface area (Å²) in [6.45, 7) is 6.27. The maximum Gasteiger partial charge on any atom is 0.255 e. The van der Waals surface area contributed by atoms with Gasteiger partial charge in [0.1, 0.15) is 0 Å². The van der Waals surface area contributed by atoms with Crippen LogP contribution in [0.25, 0.3) is 0 Å². The molecule has 1 heterocycles. The summed E-state index contributed by atoms with van der Waals surface area (Å²) in [5.41, 5.74) is 3.10. The van der Waals surface area contributed by atoms with Crippen LogP contribution in [0.3, 0.4) is 0 Å². The zero-order valence-electron chi connectivity index (χ0n) is 15.4. The molecule has 0 spiro atoms. The SMILES string of the molecule is Cc1ccc(C(=O)Nc2ccc(C(=O)CN3CCN(C)CC3)cc2)cc1. The molecular weight excluding hydrogens is 326 g/mol. The van der Waals surface area contributed by atoms with Crippen molar-refractivity contribution in [3.05, 3.63) is 65.2 Å². The third-order valence-corrected chi connectivity index (χ3v) is 4.74. The van der Waals surface area contributed by atoms with Gasteiger partial charge in [-0.1, -0.05) is 17.7 Å². The second-order valence-corrected chi connectivity index (χ2v) is 6.90. The first-order chi connectivity index (χ1) is 12.5. The van der Waals surface area contributed by atoms with Gasteiger partial charge in [0.15, 0.2) is 5.78 Å². The van der Waals surface area contributed by atoms with Gasteiger partial charge in [-0.2, -0.15) is 0 Å². The Bertz CT molecular complexity index is 761. The summed E-state index contributed by atoms with van der Waals surface area (Å²) in [4.78, 5) is 29.1. The smallest absolute Gasteiger partial charge is 0.255 e. The van der Waals surface area contributed by atoms with Gasteiger partial charge in [-0.05, 0) is 50.4 Å². The maximum atomic E-state index is 12.4. The highest BCUT2D eigenvalue weighted by Gasteiger charge is 2.17. The molecule has 3 rings (SSSR count). The van der Waals surface area contributed by atoms with E-state index in [1.165, 1.54) is 0 Å². The Kier molecular flexibility index (Phi) is 5.81. The Labute approximate surface area is 154 Å². The molecule has 0 atom stereocenters. The van der Waals surface area contributed by atoms with Gasteiger partial charge in [-0.3, -0.25) is 14.5 Å². The number of hydrogen-bond donors (Lipinski definition) is 1. The largest absolute Gasteiger partial charge is 0.322 e. The number of amides is 1. The van der Waals surface area contributed by atoms with Crippen molar-refractivity contribution in [2.45, 2.75) is 6.92 Å². The monoisotopic (exact) mass is 351 g/mol. The fourth-order valence-corrected chi connectivity index (χ4v) is 2.95. The van der Waals surface area contributed by atoms with Gasteiger partial charge in [0.25, 0.3) is 5.91 Å². The lowest BCUT2D eigenvalue weighted by Gasteiger charge is -2.31. The zero-order valence-corrected chi connectivity index (χ0v) is 15.4. The van der Waals surface area contributed by atoms with Crippen LogP contribution in [-0.4, -0.2) is 61.3 Å². The van der Waals surface area contributed by atoms with Gasteiger partial charge in [-0.25, -0.2) is 0 Å². The van der Waals surface area contributed by atoms with E-state index in [1.807, 2.05) is 19.1 Å². The number of likely N-dealkylation sites (N-methyl/N-ethyl adjacent to an activating group) is 1. The first-order valence-corrected chi connectivity index (χ1v) is 8.93. The van der Waals surface area contributed by atoms with Crippen LogP contribution >= 0.6 is 0 Å². The van der Waals surface area contributed by atoms with Crippen molar-refractivity contribution >= 4 is 17.4 Å². The van der Waals surface area contributed by atoms with Crippen LogP contribution in [-0.2, 0) is 0 Å². The number of nitrogens with one attached hydrogen (secondary N) is 1. The lowest BCUT2D eigenvalue weighted by atomic mass is 10.1. The summed E-state index contributed by atoms with van der Waals surface area (Å²) in [5.74, 6) is -0.0347. The molecule has 136 valence electrons. The van der Waals surface area contributed by atoms with Crippen molar-refractivity contribution in [1.29, 1.82) is 0 Å². The molecule has 2 aromatic carbocycles. The molecule has 26 heavy (non-hydrogen) atoms. The standard InChI is InChI=1S/C21H25N3O2/c1-16-3-5-18(6-4-16)21(26)22-19-9-7-17(8-10-19)20(25)15-24-13-11-23(2)12-14-24/h3-10H,11-15H2,1-2H3,(H,22,26). The molecule has 1 amide bonds. The number of aryl methyl sites for hydroxylation is 1. The number of carbonyl (C=O) groups excluding carboxylic acids is 2. The van der Waals surface area contributed by atoms with Crippen LogP contribution in [0.15, 0.2) is 48.5 Å². The molecule has 0 radical (unpaired) electrons. The van der Waals surface area contributed by atoms with E-state index in [9.17, 15) is 9.59 Å². The third-order valence-electron chi connectivity index (χ3n) is 4.74. The minimum Gasteiger partial charge on any atom is -0.322 e. The highest BCUT2D eigenvalue weighted by Crippen LogP contribution is 2.13. The molecule has 1 N–H and O–H groups in total. The van der Waals surface area contributed by atoms with Crippen molar-refractivity contribution in [3.8, 4) is 0 Å². The molecule has 5 heteroatoms. The average molecular weight is 351 g/mol. The molecule has 1 fully saturated rings. The third kappa shape index (κ3) is 4.77. The Morgan fingerprint density at radius 2 is 1.46 bits per heavy atom. The lowest BCUT2D eigenvalue weighted by molar-refractivity contribution is 0.0876. The molecule has 2 aromatic rings. The number of anilines is 1. The van der Waals surface area contributed by atoms with E-state index in [2.05, 4.69) is 22.2 Å². The summed E-state index contributed by atoms with van der Waals surface area (Å²) in [5, 5.41) is 2.86. The first kappa shape index (κ1) is 18.3. The van der Waals surface area contributed by atoms with Crippen molar-refractivity contribution in [2.24, 2.45) is 0 Å². The van der Waals surface area contributed by atoms with Gasteiger partial charge >= 0.3 is 0 Å². The second kappa shape index (κ2) is 8.25. The average Bonchev–Trinajstić information content (AvgIpc) is 2.64. The first-order valence-electron chi connectivity index (χ1n) is 8.93. The van der Waals surface area contributed by atoms with E-state index < -0.39 is 0 Å². The minimum atomic E-state index is -0.151. The van der Waals surface area contributed by atoms with Crippen molar-refractivity contribution in [1.82, 2.24) is 9.80 Å². The lowest BCUT2D eigenvalue weighted by Crippen LogP contribution is -2.46. The molecule has 0 aliphatic carbocycles. The fraction of sp³-hybridized carbons (Fsp3) is 0.333. The van der Waals surface area contributed by atoms with Crippen LogP contribution in [0.4, 0.5) is 5.69 Å². The highest BCUT2D eigenvalue weighted by atomic mass is 16.1. The van der Waals surface area contributed by atoms with Crippen LogP contribution in [0.1, 0.15) is 26.3 Å². The molecule has 0 saturated carbocycles. The predicted octanol–water partition coefficient (Wildman–Crippen LogP) is 2.68. The Morgan fingerprint density at radius 1 is 0.885 bits per heavy atom. The van der Waals surface area contributed by atoms with Gasteiger partial charge < -0.3 is 10.2 Å². The quantitative estimate of drug-likeness (QED) is 0.842. The summed E-state index contributed by atoms with van der Waals surface area (Å²) in [6.07, 6.45) is 0. The van der Waals surface area contributed by atoms with E-state index in [0.717, 1.165) is 31.7 Å². The minimum absolute atomic E-state index is 0.117. The topological polar surface area (TPSA) is 52.7 Å². The number of Topliss-reactive ketones (excluding diaryl/α,β-unsaturated/α-hetero) is 1. The van der Waals surface area contributed by atoms with Crippen molar-refractivity contribution in [3.63, 3.8) is 0 Å². The Balaban J connectivity index is 1.56. The molecule has 0 aromatic heterocycles. The number of piperazine rings is 1. The number of nitrogens with zero attached hydrogens (tertiary/aromatic N) is 2. The maximum absolute atomic E-state index is 12.4. The molecule has 1 aliphatic heterocycles. The Morgan fingerprint density at radius 3 is 2.08 bits per heavy atom. The molecule has 0 unspecified atom stereocenters. The highest BCUT2D eigenvalue weighted by molar-refractivity contribution is 6.04. The van der Waals surface area contributed by atoms with Gasteiger partial charge in [0.2, 0.25) is 0 Å². The number of rotatable bonds is 5. The van der Waals surface area contributed by atoms with E-state index in [1.54, 1.807) is 36.4 Å². The van der Waals surface area contributed by atoms with Gasteiger partial charge in [0, 0.05) is 43.0 Å².